The third-order valence-corrected chi connectivity index (χ3v) is 2.66. The first-order valence-electron chi connectivity index (χ1n) is 6.00. The van der Waals surface area contributed by atoms with E-state index in [1.54, 1.807) is 0 Å². The van der Waals surface area contributed by atoms with Crippen LogP contribution >= 0.6 is 0 Å². The minimum absolute atomic E-state index is 0.147. The van der Waals surface area contributed by atoms with Gasteiger partial charge in [0.05, 0.1) is 6.61 Å². The Morgan fingerprint density at radius 2 is 2.12 bits per heavy atom. The topological polar surface area (TPSA) is 24.5 Å². The summed E-state index contributed by atoms with van der Waals surface area (Å²) in [5.74, 6) is 0. The fourth-order valence-electron chi connectivity index (χ4n) is 2.02. The molecule has 0 bridgehead atoms. The van der Waals surface area contributed by atoms with Gasteiger partial charge in [0.2, 0.25) is 0 Å². The standard InChI is InChI=1S/C11H21F3N2O/c1-9(2)15-10-3-4-16(7-10)5-6-17-8-11(12,13)14/h9-10,15H,3-8H2,1-2H3. The molecule has 1 atom stereocenters. The first kappa shape index (κ1) is 14.7. The van der Waals surface area contributed by atoms with Crippen LogP contribution in [-0.2, 0) is 4.74 Å². The van der Waals surface area contributed by atoms with Gasteiger partial charge in [0.25, 0.3) is 0 Å². The number of nitrogens with one attached hydrogen (secondary N) is 1. The van der Waals surface area contributed by atoms with Crippen LogP contribution in [0, 0.1) is 0 Å². The molecule has 1 aliphatic rings. The van der Waals surface area contributed by atoms with Gasteiger partial charge in [-0.05, 0) is 13.0 Å². The van der Waals surface area contributed by atoms with Crippen molar-refractivity contribution in [1.29, 1.82) is 0 Å². The molecule has 0 aromatic heterocycles. The van der Waals surface area contributed by atoms with Crippen LogP contribution in [0.1, 0.15) is 20.3 Å². The number of nitrogens with zero attached hydrogens (tertiary/aromatic N) is 1. The zero-order valence-electron chi connectivity index (χ0n) is 10.4. The van der Waals surface area contributed by atoms with Gasteiger partial charge >= 0.3 is 6.18 Å². The monoisotopic (exact) mass is 254 g/mol. The molecule has 0 aromatic carbocycles. The summed E-state index contributed by atoms with van der Waals surface area (Å²) in [6.45, 7) is 5.59. The highest BCUT2D eigenvalue weighted by Crippen LogP contribution is 2.14. The van der Waals surface area contributed by atoms with Crippen LogP contribution in [0.4, 0.5) is 13.2 Å². The Kier molecular flexibility index (Phi) is 5.69. The minimum Gasteiger partial charge on any atom is -0.371 e. The van der Waals surface area contributed by atoms with E-state index in [9.17, 15) is 13.2 Å². The average molecular weight is 254 g/mol. The van der Waals surface area contributed by atoms with Gasteiger partial charge in [-0.3, -0.25) is 4.90 Å². The van der Waals surface area contributed by atoms with Crippen molar-refractivity contribution in [2.75, 3.05) is 32.8 Å². The smallest absolute Gasteiger partial charge is 0.371 e. The van der Waals surface area contributed by atoms with Crippen LogP contribution in [0.15, 0.2) is 0 Å². The number of likely N-dealkylation sites (tertiary alicyclic amines) is 1. The number of hydrogen-bond acceptors (Lipinski definition) is 3. The van der Waals surface area contributed by atoms with Gasteiger partial charge in [0, 0.05) is 25.2 Å². The molecule has 0 aliphatic carbocycles. The number of hydrogen-bond donors (Lipinski definition) is 1. The van der Waals surface area contributed by atoms with E-state index in [-0.39, 0.29) is 6.61 Å². The molecule has 1 unspecified atom stereocenters. The van der Waals surface area contributed by atoms with Crippen LogP contribution in [0.3, 0.4) is 0 Å². The molecule has 102 valence electrons. The maximum atomic E-state index is 11.8. The van der Waals surface area contributed by atoms with Crippen molar-refractivity contribution in [1.82, 2.24) is 10.2 Å². The van der Waals surface area contributed by atoms with Crippen LogP contribution in [0.2, 0.25) is 0 Å². The Balaban J connectivity index is 2.06. The molecular formula is C11H21F3N2O. The van der Waals surface area contributed by atoms with E-state index in [0.717, 1.165) is 19.5 Å². The van der Waals surface area contributed by atoms with Crippen LogP contribution < -0.4 is 5.32 Å². The highest BCUT2D eigenvalue weighted by atomic mass is 19.4. The predicted octanol–water partition coefficient (Wildman–Crippen LogP) is 1.64. The van der Waals surface area contributed by atoms with E-state index in [1.165, 1.54) is 0 Å². The van der Waals surface area contributed by atoms with Crippen molar-refractivity contribution >= 4 is 0 Å². The quantitative estimate of drug-likeness (QED) is 0.729. The van der Waals surface area contributed by atoms with Gasteiger partial charge in [-0.25, -0.2) is 0 Å². The van der Waals surface area contributed by atoms with Crippen molar-refractivity contribution in [3.05, 3.63) is 0 Å². The fourth-order valence-corrected chi connectivity index (χ4v) is 2.02. The van der Waals surface area contributed by atoms with Crippen molar-refractivity contribution in [3.8, 4) is 0 Å². The molecule has 0 saturated carbocycles. The molecule has 17 heavy (non-hydrogen) atoms. The summed E-state index contributed by atoms with van der Waals surface area (Å²) in [6, 6.07) is 0.902. The normalized spacial score (nSPS) is 22.6. The lowest BCUT2D eigenvalue weighted by Gasteiger charge is -2.18. The van der Waals surface area contributed by atoms with Crippen LogP contribution in [0.25, 0.3) is 0 Å². The van der Waals surface area contributed by atoms with E-state index in [4.69, 9.17) is 0 Å². The summed E-state index contributed by atoms with van der Waals surface area (Å²) < 4.78 is 40.0. The van der Waals surface area contributed by atoms with Crippen molar-refractivity contribution in [3.63, 3.8) is 0 Å². The predicted molar refractivity (Wildman–Crippen MR) is 60.0 cm³/mol. The molecule has 1 heterocycles. The summed E-state index contributed by atoms with van der Waals surface area (Å²) in [5.41, 5.74) is 0. The van der Waals surface area contributed by atoms with E-state index in [0.29, 0.717) is 18.6 Å². The highest BCUT2D eigenvalue weighted by molar-refractivity contribution is 4.81. The Hall–Kier alpha value is -0.330. The van der Waals surface area contributed by atoms with Crippen LogP contribution in [-0.4, -0.2) is 56.0 Å². The largest absolute Gasteiger partial charge is 0.411 e. The molecule has 0 spiro atoms. The molecule has 1 rings (SSSR count). The molecule has 0 aromatic rings. The number of alkyl halides is 3. The van der Waals surface area contributed by atoms with E-state index in [2.05, 4.69) is 28.8 Å². The summed E-state index contributed by atoms with van der Waals surface area (Å²) in [5, 5.41) is 3.42. The molecule has 1 aliphatic heterocycles. The third kappa shape index (κ3) is 6.85. The van der Waals surface area contributed by atoms with Crippen molar-refractivity contribution in [2.45, 2.75) is 38.5 Å². The Morgan fingerprint density at radius 1 is 1.41 bits per heavy atom. The highest BCUT2D eigenvalue weighted by Gasteiger charge is 2.28. The lowest BCUT2D eigenvalue weighted by atomic mass is 10.2. The number of ether oxygens (including phenoxy) is 1. The molecule has 0 amide bonds. The zero-order valence-corrected chi connectivity index (χ0v) is 10.4. The first-order valence-corrected chi connectivity index (χ1v) is 6.00. The molecule has 3 nitrogen and oxygen atoms in total. The van der Waals surface area contributed by atoms with Gasteiger partial charge in [-0.15, -0.1) is 0 Å². The molecular weight excluding hydrogens is 233 g/mol. The maximum absolute atomic E-state index is 11.8. The van der Waals surface area contributed by atoms with E-state index < -0.39 is 12.8 Å². The average Bonchev–Trinajstić information content (AvgIpc) is 2.58. The first-order chi connectivity index (χ1) is 7.87. The summed E-state index contributed by atoms with van der Waals surface area (Å²) >= 11 is 0. The lowest BCUT2D eigenvalue weighted by Crippen LogP contribution is -2.37. The van der Waals surface area contributed by atoms with Crippen LogP contribution in [0.5, 0.6) is 0 Å². The molecule has 1 N–H and O–H groups in total. The summed E-state index contributed by atoms with van der Waals surface area (Å²) in [4.78, 5) is 2.14. The maximum Gasteiger partial charge on any atom is 0.411 e. The van der Waals surface area contributed by atoms with Crippen molar-refractivity contribution in [2.24, 2.45) is 0 Å². The number of halogens is 3. The summed E-state index contributed by atoms with van der Waals surface area (Å²) in [7, 11) is 0. The fraction of sp³-hybridized carbons (Fsp3) is 1.00. The SMILES string of the molecule is CC(C)NC1CCN(CCOCC(F)(F)F)C1. The van der Waals surface area contributed by atoms with Crippen molar-refractivity contribution < 1.29 is 17.9 Å². The third-order valence-electron chi connectivity index (χ3n) is 2.66. The molecule has 1 fully saturated rings. The molecule has 1 saturated heterocycles. The molecule has 6 heteroatoms. The van der Waals surface area contributed by atoms with Gasteiger partial charge in [0.1, 0.15) is 6.61 Å². The van der Waals surface area contributed by atoms with E-state index >= 15 is 0 Å². The van der Waals surface area contributed by atoms with E-state index in [1.807, 2.05) is 0 Å². The second kappa shape index (κ2) is 6.56. The van der Waals surface area contributed by atoms with Gasteiger partial charge < -0.3 is 10.1 Å². The van der Waals surface area contributed by atoms with Gasteiger partial charge in [-0.1, -0.05) is 13.8 Å². The Labute approximate surface area is 100 Å². The zero-order chi connectivity index (χ0) is 12.9. The second-order valence-corrected chi connectivity index (χ2v) is 4.78. The second-order valence-electron chi connectivity index (χ2n) is 4.78. The number of rotatable bonds is 6. The summed E-state index contributed by atoms with van der Waals surface area (Å²) in [6.07, 6.45) is -3.16. The molecule has 0 radical (unpaired) electrons. The Morgan fingerprint density at radius 3 is 2.71 bits per heavy atom. The lowest BCUT2D eigenvalue weighted by molar-refractivity contribution is -0.174. The minimum atomic E-state index is -4.22. The Bertz CT molecular complexity index is 221. The van der Waals surface area contributed by atoms with Gasteiger partial charge in [-0.2, -0.15) is 13.2 Å². The van der Waals surface area contributed by atoms with Gasteiger partial charge in [0.15, 0.2) is 0 Å².